The minimum Gasteiger partial charge on any atom is -0.481 e. The van der Waals surface area contributed by atoms with Crippen LogP contribution in [0.5, 0.6) is 0 Å². The SMILES string of the molecule is O=C(O)CC1CN(C(=O)NCc2ccc(F)c(F)c2)C1. The first-order valence-corrected chi connectivity index (χ1v) is 6.14. The molecule has 0 aromatic heterocycles. The van der Waals surface area contributed by atoms with Crippen molar-refractivity contribution < 1.29 is 23.5 Å². The van der Waals surface area contributed by atoms with Crippen molar-refractivity contribution >= 4 is 12.0 Å². The Balaban J connectivity index is 1.76. The van der Waals surface area contributed by atoms with Crippen LogP contribution < -0.4 is 5.32 Å². The third-order valence-electron chi connectivity index (χ3n) is 3.14. The van der Waals surface area contributed by atoms with E-state index >= 15 is 0 Å². The van der Waals surface area contributed by atoms with Gasteiger partial charge < -0.3 is 15.3 Å². The molecular formula is C13H14F2N2O3. The van der Waals surface area contributed by atoms with Crippen molar-refractivity contribution in [1.29, 1.82) is 0 Å². The highest BCUT2D eigenvalue weighted by Crippen LogP contribution is 2.19. The van der Waals surface area contributed by atoms with Crippen LogP contribution in [0.2, 0.25) is 0 Å². The molecule has 2 amide bonds. The third-order valence-corrected chi connectivity index (χ3v) is 3.14. The van der Waals surface area contributed by atoms with E-state index in [0.717, 1.165) is 12.1 Å². The molecule has 1 aromatic carbocycles. The van der Waals surface area contributed by atoms with Crippen molar-refractivity contribution in [2.75, 3.05) is 13.1 Å². The second-order valence-electron chi connectivity index (χ2n) is 4.78. The highest BCUT2D eigenvalue weighted by Gasteiger charge is 2.31. The molecule has 0 atom stereocenters. The van der Waals surface area contributed by atoms with Gasteiger partial charge in [0, 0.05) is 25.6 Å². The quantitative estimate of drug-likeness (QED) is 0.882. The van der Waals surface area contributed by atoms with Crippen LogP contribution in [-0.4, -0.2) is 35.1 Å². The zero-order chi connectivity index (χ0) is 14.7. The number of nitrogens with one attached hydrogen (secondary N) is 1. The Kier molecular flexibility index (Phi) is 4.16. The van der Waals surface area contributed by atoms with Crippen LogP contribution in [0.15, 0.2) is 18.2 Å². The van der Waals surface area contributed by atoms with E-state index < -0.39 is 17.6 Å². The van der Waals surface area contributed by atoms with Crippen molar-refractivity contribution in [2.45, 2.75) is 13.0 Å². The van der Waals surface area contributed by atoms with Crippen molar-refractivity contribution in [2.24, 2.45) is 5.92 Å². The summed E-state index contributed by atoms with van der Waals surface area (Å²) < 4.78 is 25.7. The van der Waals surface area contributed by atoms with Crippen molar-refractivity contribution in [3.63, 3.8) is 0 Å². The van der Waals surface area contributed by atoms with Crippen LogP contribution in [0.3, 0.4) is 0 Å². The monoisotopic (exact) mass is 284 g/mol. The summed E-state index contributed by atoms with van der Waals surface area (Å²) in [5.74, 6) is -2.78. The number of aliphatic carboxylic acids is 1. The second-order valence-corrected chi connectivity index (χ2v) is 4.78. The molecular weight excluding hydrogens is 270 g/mol. The van der Waals surface area contributed by atoms with Crippen LogP contribution in [-0.2, 0) is 11.3 Å². The van der Waals surface area contributed by atoms with Gasteiger partial charge in [-0.3, -0.25) is 4.79 Å². The molecule has 5 nitrogen and oxygen atoms in total. The lowest BCUT2D eigenvalue weighted by Gasteiger charge is -2.38. The summed E-state index contributed by atoms with van der Waals surface area (Å²) in [5, 5.41) is 11.2. The fraction of sp³-hybridized carbons (Fsp3) is 0.385. The number of hydrogen-bond donors (Lipinski definition) is 2. The van der Waals surface area contributed by atoms with Gasteiger partial charge >= 0.3 is 12.0 Å². The highest BCUT2D eigenvalue weighted by atomic mass is 19.2. The summed E-state index contributed by atoms with van der Waals surface area (Å²) in [6.45, 7) is 0.891. The molecule has 1 aromatic rings. The number of amides is 2. The number of carboxylic acid groups (broad SMARTS) is 1. The summed E-state index contributed by atoms with van der Waals surface area (Å²) in [7, 11) is 0. The molecule has 20 heavy (non-hydrogen) atoms. The molecule has 0 radical (unpaired) electrons. The minimum absolute atomic E-state index is 0.0125. The third kappa shape index (κ3) is 3.43. The average Bonchev–Trinajstić information content (AvgIpc) is 2.34. The lowest BCUT2D eigenvalue weighted by molar-refractivity contribution is -0.139. The van der Waals surface area contributed by atoms with Gasteiger partial charge in [0.05, 0.1) is 6.42 Å². The van der Waals surface area contributed by atoms with Gasteiger partial charge in [-0.2, -0.15) is 0 Å². The highest BCUT2D eigenvalue weighted by molar-refractivity contribution is 5.75. The molecule has 0 aliphatic carbocycles. The van der Waals surface area contributed by atoms with Crippen LogP contribution in [0.25, 0.3) is 0 Å². The fourth-order valence-corrected chi connectivity index (χ4v) is 2.05. The number of hydrogen-bond acceptors (Lipinski definition) is 2. The second kappa shape index (κ2) is 5.85. The van der Waals surface area contributed by atoms with Gasteiger partial charge in [0.1, 0.15) is 0 Å². The maximum atomic E-state index is 13.0. The van der Waals surface area contributed by atoms with Gasteiger partial charge in [0.2, 0.25) is 0 Å². The van der Waals surface area contributed by atoms with E-state index in [-0.39, 0.29) is 24.9 Å². The van der Waals surface area contributed by atoms with Gasteiger partial charge in [-0.25, -0.2) is 13.6 Å². The number of carbonyl (C=O) groups is 2. The maximum Gasteiger partial charge on any atom is 0.317 e. The number of benzene rings is 1. The fourth-order valence-electron chi connectivity index (χ4n) is 2.05. The number of likely N-dealkylation sites (tertiary alicyclic amines) is 1. The van der Waals surface area contributed by atoms with Crippen molar-refractivity contribution in [3.05, 3.63) is 35.4 Å². The Labute approximate surface area is 114 Å². The molecule has 2 rings (SSSR count). The maximum absolute atomic E-state index is 13.0. The summed E-state index contributed by atoms with van der Waals surface area (Å²) in [6, 6.07) is 3.08. The standard InChI is InChI=1S/C13H14F2N2O3/c14-10-2-1-8(3-11(10)15)5-16-13(20)17-6-9(7-17)4-12(18)19/h1-3,9H,4-7H2,(H,16,20)(H,18,19). The molecule has 1 aliphatic rings. The number of halogens is 2. The first-order valence-electron chi connectivity index (χ1n) is 6.14. The molecule has 108 valence electrons. The van der Waals surface area contributed by atoms with E-state index in [2.05, 4.69) is 5.32 Å². The predicted octanol–water partition coefficient (Wildman–Crippen LogP) is 1.58. The average molecular weight is 284 g/mol. The number of carbonyl (C=O) groups excluding carboxylic acids is 1. The molecule has 0 unspecified atom stereocenters. The Bertz CT molecular complexity index is 530. The number of nitrogens with zero attached hydrogens (tertiary/aromatic N) is 1. The molecule has 1 aliphatic heterocycles. The lowest BCUT2D eigenvalue weighted by Crippen LogP contribution is -2.54. The molecule has 1 heterocycles. The molecule has 1 saturated heterocycles. The normalized spacial score (nSPS) is 14.8. The first kappa shape index (κ1) is 14.2. The van der Waals surface area contributed by atoms with Gasteiger partial charge in [0.15, 0.2) is 11.6 Å². The first-order chi connectivity index (χ1) is 9.45. The minimum atomic E-state index is -0.956. The van der Waals surface area contributed by atoms with Gasteiger partial charge in [-0.15, -0.1) is 0 Å². The van der Waals surface area contributed by atoms with E-state index in [1.807, 2.05) is 0 Å². The largest absolute Gasteiger partial charge is 0.481 e. The Morgan fingerprint density at radius 1 is 1.30 bits per heavy atom. The Hall–Kier alpha value is -2.18. The van der Waals surface area contributed by atoms with E-state index in [9.17, 15) is 18.4 Å². The molecule has 7 heteroatoms. The van der Waals surface area contributed by atoms with Crippen LogP contribution in [0.4, 0.5) is 13.6 Å². The summed E-state index contributed by atoms with van der Waals surface area (Å²) in [4.78, 5) is 23.6. The van der Waals surface area contributed by atoms with Crippen LogP contribution in [0, 0.1) is 17.6 Å². The van der Waals surface area contributed by atoms with Gasteiger partial charge in [-0.1, -0.05) is 6.07 Å². The number of rotatable bonds is 4. The lowest BCUT2D eigenvalue weighted by atomic mass is 9.97. The molecule has 2 N–H and O–H groups in total. The Morgan fingerprint density at radius 3 is 2.60 bits per heavy atom. The van der Waals surface area contributed by atoms with E-state index in [4.69, 9.17) is 5.11 Å². The Morgan fingerprint density at radius 2 is 2.00 bits per heavy atom. The zero-order valence-electron chi connectivity index (χ0n) is 10.6. The molecule has 0 saturated carbocycles. The number of carboxylic acids is 1. The predicted molar refractivity (Wildman–Crippen MR) is 65.9 cm³/mol. The molecule has 0 spiro atoms. The van der Waals surface area contributed by atoms with Crippen LogP contribution in [0.1, 0.15) is 12.0 Å². The van der Waals surface area contributed by atoms with Crippen molar-refractivity contribution in [1.82, 2.24) is 10.2 Å². The van der Waals surface area contributed by atoms with Crippen molar-refractivity contribution in [3.8, 4) is 0 Å². The van der Waals surface area contributed by atoms with Crippen LogP contribution >= 0.6 is 0 Å². The number of urea groups is 1. The smallest absolute Gasteiger partial charge is 0.317 e. The summed E-state index contributed by atoms with van der Waals surface area (Å²) in [5.41, 5.74) is 0.458. The zero-order valence-corrected chi connectivity index (χ0v) is 10.6. The van der Waals surface area contributed by atoms with E-state index in [1.165, 1.54) is 11.0 Å². The molecule has 0 bridgehead atoms. The summed E-state index contributed by atoms with van der Waals surface area (Å²) >= 11 is 0. The van der Waals surface area contributed by atoms with E-state index in [1.54, 1.807) is 0 Å². The summed E-state index contributed by atoms with van der Waals surface area (Å²) in [6.07, 6.45) is 0.0486. The van der Waals surface area contributed by atoms with Gasteiger partial charge in [0.25, 0.3) is 0 Å². The molecule has 1 fully saturated rings. The van der Waals surface area contributed by atoms with E-state index in [0.29, 0.717) is 18.7 Å². The van der Waals surface area contributed by atoms with Gasteiger partial charge in [-0.05, 0) is 17.7 Å². The topological polar surface area (TPSA) is 69.6 Å².